The first-order valence-corrected chi connectivity index (χ1v) is 5.01. The predicted octanol–water partition coefficient (Wildman–Crippen LogP) is 2.04. The van der Waals surface area contributed by atoms with E-state index in [4.69, 9.17) is 9.47 Å². The molecule has 0 saturated heterocycles. The molecule has 4 nitrogen and oxygen atoms in total. The Balaban J connectivity index is 2.05. The molecule has 0 radical (unpaired) electrons. The van der Waals surface area contributed by atoms with Crippen molar-refractivity contribution in [2.75, 3.05) is 13.2 Å². The zero-order valence-corrected chi connectivity index (χ0v) is 9.24. The van der Waals surface area contributed by atoms with Gasteiger partial charge in [-0.15, -0.1) is 0 Å². The van der Waals surface area contributed by atoms with E-state index in [9.17, 15) is 4.79 Å². The van der Waals surface area contributed by atoms with E-state index in [2.05, 4.69) is 0 Å². The van der Waals surface area contributed by atoms with Gasteiger partial charge >= 0.3 is 6.09 Å². The Bertz CT molecular complexity index is 349. The van der Waals surface area contributed by atoms with Crippen molar-refractivity contribution < 1.29 is 14.3 Å². The van der Waals surface area contributed by atoms with Gasteiger partial charge in [0.25, 0.3) is 0 Å². The van der Waals surface area contributed by atoms with Crippen LogP contribution in [0.15, 0.2) is 23.6 Å². The molecule has 82 valence electrons. The van der Waals surface area contributed by atoms with E-state index in [1.807, 2.05) is 32.9 Å². The molecule has 2 aliphatic heterocycles. The van der Waals surface area contributed by atoms with Gasteiger partial charge in [-0.25, -0.2) is 4.79 Å². The van der Waals surface area contributed by atoms with Gasteiger partial charge in [0.05, 0.1) is 12.2 Å². The fourth-order valence-electron chi connectivity index (χ4n) is 1.55. The maximum Gasteiger partial charge on any atom is 0.415 e. The van der Waals surface area contributed by atoms with Gasteiger partial charge in [0, 0.05) is 0 Å². The van der Waals surface area contributed by atoms with Gasteiger partial charge in [-0.05, 0) is 32.9 Å². The van der Waals surface area contributed by atoms with Crippen molar-refractivity contribution in [1.82, 2.24) is 4.90 Å². The average molecular weight is 209 g/mol. The van der Waals surface area contributed by atoms with Crippen LogP contribution in [0.25, 0.3) is 0 Å². The SMILES string of the molecule is CC(C)(C)OC(=O)N1CC=C2OCC=C21. The number of carbonyl (C=O) groups excluding carboxylic acids is 1. The first-order valence-electron chi connectivity index (χ1n) is 5.01. The van der Waals surface area contributed by atoms with Gasteiger partial charge in [-0.2, -0.15) is 0 Å². The highest BCUT2D eigenvalue weighted by atomic mass is 16.6. The van der Waals surface area contributed by atoms with Crippen LogP contribution in [-0.4, -0.2) is 29.7 Å². The van der Waals surface area contributed by atoms with Crippen LogP contribution in [0.1, 0.15) is 20.8 Å². The third-order valence-electron chi connectivity index (χ3n) is 2.13. The number of fused-ring (bicyclic) bond motifs is 1. The zero-order chi connectivity index (χ0) is 11.1. The monoisotopic (exact) mass is 209 g/mol. The average Bonchev–Trinajstić information content (AvgIpc) is 2.57. The fourth-order valence-corrected chi connectivity index (χ4v) is 1.55. The standard InChI is InChI=1S/C11H15NO3/c1-11(2,3)15-10(13)12-6-4-9-8(12)5-7-14-9/h4-5H,6-7H2,1-3H3. The molecule has 0 aromatic heterocycles. The molecule has 2 aliphatic rings. The minimum atomic E-state index is -0.458. The molecule has 4 heteroatoms. The number of nitrogens with zero attached hydrogens (tertiary/aromatic N) is 1. The molecule has 0 aliphatic carbocycles. The maximum absolute atomic E-state index is 11.8. The molecule has 2 rings (SSSR count). The summed E-state index contributed by atoms with van der Waals surface area (Å²) in [5, 5.41) is 0. The first-order chi connectivity index (χ1) is 6.97. The maximum atomic E-state index is 11.8. The lowest BCUT2D eigenvalue weighted by atomic mass is 10.2. The van der Waals surface area contributed by atoms with Crippen LogP contribution in [0, 0.1) is 0 Å². The second kappa shape index (κ2) is 3.29. The van der Waals surface area contributed by atoms with Gasteiger partial charge < -0.3 is 9.47 Å². The largest absolute Gasteiger partial charge is 0.488 e. The summed E-state index contributed by atoms with van der Waals surface area (Å²) in [5.74, 6) is 0.792. The molecule has 15 heavy (non-hydrogen) atoms. The predicted molar refractivity (Wildman–Crippen MR) is 55.1 cm³/mol. The molecule has 0 unspecified atom stereocenters. The second-order valence-electron chi connectivity index (χ2n) is 4.56. The van der Waals surface area contributed by atoms with E-state index in [1.54, 1.807) is 4.90 Å². The number of ether oxygens (including phenoxy) is 2. The van der Waals surface area contributed by atoms with Gasteiger partial charge in [0.1, 0.15) is 18.0 Å². The molecule has 0 N–H and O–H groups in total. The molecule has 0 fully saturated rings. The lowest BCUT2D eigenvalue weighted by molar-refractivity contribution is 0.0342. The molecule has 0 saturated carbocycles. The summed E-state index contributed by atoms with van der Waals surface area (Å²) in [6, 6.07) is 0. The number of amides is 1. The molecular weight excluding hydrogens is 194 g/mol. The number of rotatable bonds is 0. The van der Waals surface area contributed by atoms with Crippen LogP contribution in [0.3, 0.4) is 0 Å². The van der Waals surface area contributed by atoms with Crippen LogP contribution in [-0.2, 0) is 9.47 Å². The highest BCUT2D eigenvalue weighted by Crippen LogP contribution is 2.29. The summed E-state index contributed by atoms with van der Waals surface area (Å²) in [4.78, 5) is 13.4. The van der Waals surface area contributed by atoms with E-state index in [-0.39, 0.29) is 6.09 Å². The van der Waals surface area contributed by atoms with Gasteiger partial charge in [0.15, 0.2) is 0 Å². The van der Waals surface area contributed by atoms with E-state index in [0.717, 1.165) is 11.5 Å². The fraction of sp³-hybridized carbons (Fsp3) is 0.545. The lowest BCUT2D eigenvalue weighted by Gasteiger charge is -2.24. The topological polar surface area (TPSA) is 38.8 Å². The highest BCUT2D eigenvalue weighted by molar-refractivity contribution is 5.73. The van der Waals surface area contributed by atoms with Gasteiger partial charge in [0.2, 0.25) is 0 Å². The van der Waals surface area contributed by atoms with Crippen molar-refractivity contribution in [2.24, 2.45) is 0 Å². The van der Waals surface area contributed by atoms with Crippen LogP contribution >= 0.6 is 0 Å². The molecule has 1 amide bonds. The molecule has 0 atom stereocenters. The molecule has 2 heterocycles. The Morgan fingerprint density at radius 3 is 2.87 bits per heavy atom. The van der Waals surface area contributed by atoms with Crippen molar-refractivity contribution >= 4 is 6.09 Å². The smallest absolute Gasteiger partial charge is 0.415 e. The Hall–Kier alpha value is -1.45. The quantitative estimate of drug-likeness (QED) is 0.612. The summed E-state index contributed by atoms with van der Waals surface area (Å²) >= 11 is 0. The third kappa shape index (κ3) is 1.98. The minimum Gasteiger partial charge on any atom is -0.488 e. The number of carbonyl (C=O) groups is 1. The molecule has 0 bridgehead atoms. The van der Waals surface area contributed by atoms with Crippen LogP contribution in [0.5, 0.6) is 0 Å². The van der Waals surface area contributed by atoms with Crippen molar-refractivity contribution in [2.45, 2.75) is 26.4 Å². The van der Waals surface area contributed by atoms with Crippen LogP contribution in [0.4, 0.5) is 4.79 Å². The number of hydrogen-bond donors (Lipinski definition) is 0. The zero-order valence-electron chi connectivity index (χ0n) is 9.24. The normalized spacial score (nSPS) is 19.3. The molecule has 0 spiro atoms. The van der Waals surface area contributed by atoms with Gasteiger partial charge in [-0.3, -0.25) is 4.90 Å². The Morgan fingerprint density at radius 1 is 1.47 bits per heavy atom. The summed E-state index contributed by atoms with van der Waals surface area (Å²) in [5.41, 5.74) is 0.379. The Labute approximate surface area is 89.1 Å². The summed E-state index contributed by atoms with van der Waals surface area (Å²) in [7, 11) is 0. The van der Waals surface area contributed by atoms with Crippen LogP contribution in [0.2, 0.25) is 0 Å². The van der Waals surface area contributed by atoms with Gasteiger partial charge in [-0.1, -0.05) is 0 Å². The van der Waals surface area contributed by atoms with Crippen molar-refractivity contribution in [1.29, 1.82) is 0 Å². The lowest BCUT2D eigenvalue weighted by Crippen LogP contribution is -2.34. The Kier molecular flexibility index (Phi) is 2.21. The van der Waals surface area contributed by atoms with Crippen molar-refractivity contribution in [3.8, 4) is 0 Å². The minimum absolute atomic E-state index is 0.314. The van der Waals surface area contributed by atoms with E-state index >= 15 is 0 Å². The van der Waals surface area contributed by atoms with E-state index in [0.29, 0.717) is 13.2 Å². The number of hydrogen-bond acceptors (Lipinski definition) is 3. The summed E-state index contributed by atoms with van der Waals surface area (Å²) in [6.45, 7) is 6.65. The van der Waals surface area contributed by atoms with E-state index < -0.39 is 5.60 Å². The van der Waals surface area contributed by atoms with Crippen molar-refractivity contribution in [3.05, 3.63) is 23.6 Å². The van der Waals surface area contributed by atoms with E-state index in [1.165, 1.54) is 0 Å². The molecular formula is C11H15NO3. The summed E-state index contributed by atoms with van der Waals surface area (Å²) in [6.07, 6.45) is 3.47. The molecule has 0 aromatic rings. The molecule has 0 aromatic carbocycles. The Morgan fingerprint density at radius 2 is 2.20 bits per heavy atom. The second-order valence-corrected chi connectivity index (χ2v) is 4.56. The third-order valence-corrected chi connectivity index (χ3v) is 2.13. The van der Waals surface area contributed by atoms with Crippen LogP contribution < -0.4 is 0 Å². The summed E-state index contributed by atoms with van der Waals surface area (Å²) < 4.78 is 10.6. The first kappa shape index (κ1) is 10.1. The highest BCUT2D eigenvalue weighted by Gasteiger charge is 2.32. The van der Waals surface area contributed by atoms with Crippen molar-refractivity contribution in [3.63, 3.8) is 0 Å².